The Hall–Kier alpha value is -1.75. The van der Waals surface area contributed by atoms with Gasteiger partial charge in [-0.25, -0.2) is 0 Å². The van der Waals surface area contributed by atoms with E-state index in [9.17, 15) is 4.79 Å². The standard InChI is InChI=1S/C17H26N2O3/c1-12-14(21-2)9-13(10-15(12)22-3)16(20)19-11-17(18)7-5-4-6-8-17/h9-10H,4-8,11,18H2,1-3H3,(H,19,20). The van der Waals surface area contributed by atoms with Gasteiger partial charge in [-0.15, -0.1) is 0 Å². The van der Waals surface area contributed by atoms with E-state index in [0.29, 0.717) is 23.6 Å². The fraction of sp³-hybridized carbons (Fsp3) is 0.588. The molecular formula is C17H26N2O3. The van der Waals surface area contributed by atoms with Crippen LogP contribution >= 0.6 is 0 Å². The second-order valence-electron chi connectivity index (χ2n) is 6.11. The predicted octanol–water partition coefficient (Wildman–Crippen LogP) is 2.40. The minimum atomic E-state index is -0.271. The molecule has 22 heavy (non-hydrogen) atoms. The summed E-state index contributed by atoms with van der Waals surface area (Å²) in [6.07, 6.45) is 5.44. The highest BCUT2D eigenvalue weighted by Gasteiger charge is 2.28. The number of carbonyl (C=O) groups is 1. The maximum atomic E-state index is 12.4. The molecule has 0 aliphatic heterocycles. The maximum absolute atomic E-state index is 12.4. The highest BCUT2D eigenvalue weighted by atomic mass is 16.5. The molecule has 1 saturated carbocycles. The molecule has 1 aliphatic carbocycles. The molecule has 0 radical (unpaired) electrons. The smallest absolute Gasteiger partial charge is 0.251 e. The van der Waals surface area contributed by atoms with Crippen LogP contribution in [0.1, 0.15) is 48.0 Å². The van der Waals surface area contributed by atoms with Crippen molar-refractivity contribution in [3.05, 3.63) is 23.3 Å². The minimum Gasteiger partial charge on any atom is -0.496 e. The average molecular weight is 306 g/mol. The van der Waals surface area contributed by atoms with E-state index in [2.05, 4.69) is 5.32 Å². The first kappa shape index (κ1) is 16.6. The summed E-state index contributed by atoms with van der Waals surface area (Å²) in [5.74, 6) is 1.14. The maximum Gasteiger partial charge on any atom is 0.251 e. The lowest BCUT2D eigenvalue weighted by Gasteiger charge is -2.33. The molecule has 5 heteroatoms. The highest BCUT2D eigenvalue weighted by molar-refractivity contribution is 5.95. The Bertz CT molecular complexity index is 512. The molecule has 1 amide bonds. The largest absolute Gasteiger partial charge is 0.496 e. The van der Waals surface area contributed by atoms with E-state index in [-0.39, 0.29) is 11.4 Å². The lowest BCUT2D eigenvalue weighted by molar-refractivity contribution is 0.0937. The third-order valence-corrected chi connectivity index (χ3v) is 4.46. The second-order valence-corrected chi connectivity index (χ2v) is 6.11. The van der Waals surface area contributed by atoms with Crippen LogP contribution in [0.5, 0.6) is 11.5 Å². The Morgan fingerprint density at radius 1 is 1.18 bits per heavy atom. The molecule has 1 aliphatic rings. The second kappa shape index (κ2) is 7.01. The zero-order valence-electron chi connectivity index (χ0n) is 13.7. The third-order valence-electron chi connectivity index (χ3n) is 4.46. The van der Waals surface area contributed by atoms with Crippen LogP contribution in [-0.4, -0.2) is 32.2 Å². The molecular weight excluding hydrogens is 280 g/mol. The SMILES string of the molecule is COc1cc(C(=O)NCC2(N)CCCCC2)cc(OC)c1C. The van der Waals surface area contributed by atoms with Gasteiger partial charge in [0.15, 0.2) is 0 Å². The van der Waals surface area contributed by atoms with E-state index in [1.54, 1.807) is 26.4 Å². The molecule has 0 heterocycles. The number of methoxy groups -OCH3 is 2. The van der Waals surface area contributed by atoms with E-state index < -0.39 is 0 Å². The highest BCUT2D eigenvalue weighted by Crippen LogP contribution is 2.30. The van der Waals surface area contributed by atoms with Crippen LogP contribution in [0.25, 0.3) is 0 Å². The summed E-state index contributed by atoms with van der Waals surface area (Å²) in [5, 5.41) is 2.96. The first-order valence-corrected chi connectivity index (χ1v) is 7.79. The number of rotatable bonds is 5. The van der Waals surface area contributed by atoms with E-state index in [0.717, 1.165) is 31.2 Å². The lowest BCUT2D eigenvalue weighted by atomic mass is 9.82. The number of hydrogen-bond donors (Lipinski definition) is 2. The molecule has 1 fully saturated rings. The molecule has 3 N–H and O–H groups in total. The van der Waals surface area contributed by atoms with Gasteiger partial charge in [0.05, 0.1) is 14.2 Å². The fourth-order valence-corrected chi connectivity index (χ4v) is 3.01. The number of nitrogens with two attached hydrogens (primary N) is 1. The van der Waals surface area contributed by atoms with Crippen molar-refractivity contribution in [1.82, 2.24) is 5.32 Å². The van der Waals surface area contributed by atoms with Crippen molar-refractivity contribution in [2.45, 2.75) is 44.6 Å². The van der Waals surface area contributed by atoms with Crippen molar-refractivity contribution in [3.63, 3.8) is 0 Å². The van der Waals surface area contributed by atoms with E-state index in [1.807, 2.05) is 6.92 Å². The molecule has 122 valence electrons. The number of amides is 1. The Morgan fingerprint density at radius 3 is 2.23 bits per heavy atom. The van der Waals surface area contributed by atoms with Gasteiger partial charge in [0, 0.05) is 23.2 Å². The van der Waals surface area contributed by atoms with Crippen molar-refractivity contribution < 1.29 is 14.3 Å². The molecule has 0 atom stereocenters. The first-order valence-electron chi connectivity index (χ1n) is 7.79. The summed E-state index contributed by atoms with van der Waals surface area (Å²) >= 11 is 0. The van der Waals surface area contributed by atoms with Crippen LogP contribution in [0.15, 0.2) is 12.1 Å². The van der Waals surface area contributed by atoms with Gasteiger partial charge in [-0.3, -0.25) is 4.79 Å². The van der Waals surface area contributed by atoms with E-state index in [1.165, 1.54) is 6.42 Å². The van der Waals surface area contributed by atoms with E-state index in [4.69, 9.17) is 15.2 Å². The van der Waals surface area contributed by atoms with E-state index >= 15 is 0 Å². The monoisotopic (exact) mass is 306 g/mol. The van der Waals surface area contributed by atoms with Crippen molar-refractivity contribution in [3.8, 4) is 11.5 Å². The fourth-order valence-electron chi connectivity index (χ4n) is 3.01. The van der Waals surface area contributed by atoms with Crippen molar-refractivity contribution >= 4 is 5.91 Å². The average Bonchev–Trinajstić information content (AvgIpc) is 2.53. The zero-order valence-corrected chi connectivity index (χ0v) is 13.7. The summed E-state index contributed by atoms with van der Waals surface area (Å²) in [7, 11) is 3.17. The van der Waals surface area contributed by atoms with Gasteiger partial charge in [0.25, 0.3) is 5.91 Å². The summed E-state index contributed by atoms with van der Waals surface area (Å²) in [6, 6.07) is 3.47. The number of nitrogens with one attached hydrogen (secondary N) is 1. The van der Waals surface area contributed by atoms with Gasteiger partial charge < -0.3 is 20.5 Å². The Kier molecular flexibility index (Phi) is 5.29. The van der Waals surface area contributed by atoms with Crippen LogP contribution in [0.2, 0.25) is 0 Å². The van der Waals surface area contributed by atoms with Crippen molar-refractivity contribution in [1.29, 1.82) is 0 Å². The van der Waals surface area contributed by atoms with Gasteiger partial charge in [0.2, 0.25) is 0 Å². The quantitative estimate of drug-likeness (QED) is 0.876. The summed E-state index contributed by atoms with van der Waals surface area (Å²) < 4.78 is 10.6. The molecule has 0 saturated heterocycles. The number of ether oxygens (including phenoxy) is 2. The Labute approximate surface area is 132 Å². The molecule has 0 aromatic heterocycles. The summed E-state index contributed by atoms with van der Waals surface area (Å²) in [5.41, 5.74) is 7.49. The topological polar surface area (TPSA) is 73.6 Å². The normalized spacial score (nSPS) is 16.9. The van der Waals surface area contributed by atoms with Gasteiger partial charge >= 0.3 is 0 Å². The van der Waals surface area contributed by atoms with Crippen molar-refractivity contribution in [2.24, 2.45) is 5.73 Å². The predicted molar refractivity (Wildman–Crippen MR) is 86.6 cm³/mol. The van der Waals surface area contributed by atoms with Gasteiger partial charge in [-0.05, 0) is 31.9 Å². The van der Waals surface area contributed by atoms with Gasteiger partial charge in [-0.2, -0.15) is 0 Å². The summed E-state index contributed by atoms with van der Waals surface area (Å²) in [4.78, 5) is 12.4. The first-order chi connectivity index (χ1) is 10.5. The summed E-state index contributed by atoms with van der Waals surface area (Å²) in [6.45, 7) is 2.40. The third kappa shape index (κ3) is 3.71. The van der Waals surface area contributed by atoms with Crippen molar-refractivity contribution in [2.75, 3.05) is 20.8 Å². The molecule has 1 aromatic carbocycles. The lowest BCUT2D eigenvalue weighted by Crippen LogP contribution is -2.51. The Balaban J connectivity index is 2.09. The molecule has 5 nitrogen and oxygen atoms in total. The number of hydrogen-bond acceptors (Lipinski definition) is 4. The molecule has 0 spiro atoms. The van der Waals surface area contributed by atoms with Gasteiger partial charge in [-0.1, -0.05) is 19.3 Å². The van der Waals surface area contributed by atoms with Crippen LogP contribution in [0.3, 0.4) is 0 Å². The molecule has 1 aromatic rings. The zero-order chi connectivity index (χ0) is 16.2. The Morgan fingerprint density at radius 2 is 1.73 bits per heavy atom. The molecule has 0 unspecified atom stereocenters. The molecule has 2 rings (SSSR count). The van der Waals surface area contributed by atoms with Crippen LogP contribution in [0, 0.1) is 6.92 Å². The number of carbonyl (C=O) groups excluding carboxylic acids is 1. The van der Waals surface area contributed by atoms with Gasteiger partial charge in [0.1, 0.15) is 11.5 Å². The van der Waals surface area contributed by atoms with Crippen LogP contribution < -0.4 is 20.5 Å². The number of benzene rings is 1. The molecule has 0 bridgehead atoms. The van der Waals surface area contributed by atoms with Crippen LogP contribution in [-0.2, 0) is 0 Å². The minimum absolute atomic E-state index is 0.146. The van der Waals surface area contributed by atoms with Crippen LogP contribution in [0.4, 0.5) is 0 Å².